The second kappa shape index (κ2) is 5.94. The van der Waals surface area contributed by atoms with Crippen LogP contribution in [0.3, 0.4) is 0 Å². The van der Waals surface area contributed by atoms with E-state index in [1.807, 2.05) is 0 Å². The van der Waals surface area contributed by atoms with Gasteiger partial charge in [0.05, 0.1) is 4.92 Å². The zero-order valence-electron chi connectivity index (χ0n) is 8.72. The van der Waals surface area contributed by atoms with Crippen molar-refractivity contribution in [1.29, 1.82) is 0 Å². The second-order valence-corrected chi connectivity index (χ2v) is 3.47. The van der Waals surface area contributed by atoms with E-state index in [-0.39, 0.29) is 23.1 Å². The van der Waals surface area contributed by atoms with Crippen LogP contribution in [0.1, 0.15) is 12.8 Å². The molecule has 0 radical (unpaired) electrons. The van der Waals surface area contributed by atoms with Crippen LogP contribution in [-0.2, 0) is 4.79 Å². The van der Waals surface area contributed by atoms with Gasteiger partial charge in [-0.15, -0.1) is 0 Å². The first-order valence-corrected chi connectivity index (χ1v) is 5.07. The molecule has 0 saturated carbocycles. The molecule has 92 valence electrons. The quantitative estimate of drug-likeness (QED) is 0.336. The van der Waals surface area contributed by atoms with Gasteiger partial charge in [0.25, 0.3) is 0 Å². The van der Waals surface area contributed by atoms with Gasteiger partial charge in [0, 0.05) is 13.0 Å². The number of nitrogens with two attached hydrogens (primary N) is 1. The smallest absolute Gasteiger partial charge is 0.348 e. The third-order valence-corrected chi connectivity index (χ3v) is 2.13. The van der Waals surface area contributed by atoms with E-state index in [4.69, 9.17) is 17.3 Å². The largest absolute Gasteiger partial charge is 0.370 e. The number of primary amides is 1. The van der Waals surface area contributed by atoms with E-state index in [2.05, 4.69) is 15.3 Å². The third-order valence-electron chi connectivity index (χ3n) is 1.85. The molecule has 0 aliphatic rings. The first kappa shape index (κ1) is 13.1. The zero-order chi connectivity index (χ0) is 12.8. The second-order valence-electron chi connectivity index (χ2n) is 3.12. The maximum atomic E-state index is 10.7. The van der Waals surface area contributed by atoms with E-state index < -0.39 is 10.8 Å². The van der Waals surface area contributed by atoms with Gasteiger partial charge in [-0.3, -0.25) is 14.9 Å². The van der Waals surface area contributed by atoms with E-state index >= 15 is 0 Å². The predicted octanol–water partition coefficient (Wildman–Crippen LogP) is 0.716. The Hall–Kier alpha value is -1.96. The lowest BCUT2D eigenvalue weighted by atomic mass is 10.3. The molecule has 1 aromatic heterocycles. The van der Waals surface area contributed by atoms with Crippen molar-refractivity contribution in [3.05, 3.63) is 21.6 Å². The number of rotatable bonds is 6. The van der Waals surface area contributed by atoms with Crippen LogP contribution < -0.4 is 11.1 Å². The normalized spacial score (nSPS) is 9.94. The Labute approximate surface area is 101 Å². The van der Waals surface area contributed by atoms with Gasteiger partial charge >= 0.3 is 5.69 Å². The maximum absolute atomic E-state index is 10.7. The van der Waals surface area contributed by atoms with Gasteiger partial charge in [0.2, 0.25) is 16.9 Å². The highest BCUT2D eigenvalue weighted by Gasteiger charge is 2.20. The molecule has 0 spiro atoms. The highest BCUT2D eigenvalue weighted by molar-refractivity contribution is 6.31. The van der Waals surface area contributed by atoms with Gasteiger partial charge in [-0.05, 0) is 6.42 Å². The van der Waals surface area contributed by atoms with Crippen LogP contribution in [0.5, 0.6) is 0 Å². The Bertz CT molecular complexity index is 439. The number of anilines is 1. The lowest BCUT2D eigenvalue weighted by molar-refractivity contribution is -0.384. The van der Waals surface area contributed by atoms with Crippen LogP contribution in [0.4, 0.5) is 11.5 Å². The monoisotopic (exact) mass is 259 g/mol. The van der Waals surface area contributed by atoms with E-state index in [0.717, 1.165) is 6.33 Å². The lowest BCUT2D eigenvalue weighted by Crippen LogP contribution is -2.13. The van der Waals surface area contributed by atoms with Gasteiger partial charge in [-0.1, -0.05) is 11.6 Å². The van der Waals surface area contributed by atoms with Gasteiger partial charge in [-0.25, -0.2) is 9.97 Å². The zero-order valence-corrected chi connectivity index (χ0v) is 9.48. The number of nitrogens with one attached hydrogen (secondary N) is 1. The Kier molecular flexibility index (Phi) is 4.58. The van der Waals surface area contributed by atoms with Crippen molar-refractivity contribution < 1.29 is 9.72 Å². The molecule has 1 heterocycles. The lowest BCUT2D eigenvalue weighted by Gasteiger charge is -2.05. The summed E-state index contributed by atoms with van der Waals surface area (Å²) in [5, 5.41) is 13.2. The molecule has 0 saturated heterocycles. The molecule has 3 N–H and O–H groups in total. The van der Waals surface area contributed by atoms with Crippen molar-refractivity contribution in [1.82, 2.24) is 9.97 Å². The summed E-state index contributed by atoms with van der Waals surface area (Å²) in [5.74, 6) is -0.401. The van der Waals surface area contributed by atoms with Gasteiger partial charge in [0.15, 0.2) is 0 Å². The minimum atomic E-state index is -0.668. The summed E-state index contributed by atoms with van der Waals surface area (Å²) < 4.78 is 0. The van der Waals surface area contributed by atoms with E-state index in [1.165, 1.54) is 0 Å². The number of carbonyl (C=O) groups is 1. The average molecular weight is 260 g/mol. The van der Waals surface area contributed by atoms with Crippen LogP contribution in [0, 0.1) is 10.1 Å². The molecular weight excluding hydrogens is 250 g/mol. The maximum Gasteiger partial charge on any atom is 0.348 e. The fourth-order valence-corrected chi connectivity index (χ4v) is 1.32. The predicted molar refractivity (Wildman–Crippen MR) is 60.6 cm³/mol. The number of carbonyl (C=O) groups excluding carboxylic acids is 1. The number of amides is 1. The highest BCUT2D eigenvalue weighted by Crippen LogP contribution is 2.27. The van der Waals surface area contributed by atoms with E-state index in [0.29, 0.717) is 13.0 Å². The topological polar surface area (TPSA) is 124 Å². The van der Waals surface area contributed by atoms with E-state index in [1.54, 1.807) is 0 Å². The molecule has 0 aliphatic carbocycles. The molecule has 8 nitrogen and oxygen atoms in total. The molecule has 0 aromatic carbocycles. The van der Waals surface area contributed by atoms with Crippen molar-refractivity contribution in [3.63, 3.8) is 0 Å². The summed E-state index contributed by atoms with van der Waals surface area (Å²) in [6, 6.07) is 0. The summed E-state index contributed by atoms with van der Waals surface area (Å²) in [4.78, 5) is 27.8. The third kappa shape index (κ3) is 3.83. The minimum Gasteiger partial charge on any atom is -0.370 e. The van der Waals surface area contributed by atoms with Crippen LogP contribution in [0.15, 0.2) is 6.33 Å². The summed E-state index contributed by atoms with van der Waals surface area (Å²) >= 11 is 5.58. The molecule has 1 aromatic rings. The molecule has 17 heavy (non-hydrogen) atoms. The number of nitro groups is 1. The standard InChI is InChI=1S/C8H10ClN5O3/c9-7-6(14(16)17)8(13-4-12-7)11-3-1-2-5(10)15/h4H,1-3H2,(H2,10,15)(H,11,12,13). The number of hydrogen-bond acceptors (Lipinski definition) is 6. The molecule has 0 fully saturated rings. The van der Waals surface area contributed by atoms with Crippen molar-refractivity contribution >= 4 is 29.0 Å². The number of aromatic nitrogens is 2. The Morgan fingerprint density at radius 1 is 1.59 bits per heavy atom. The summed E-state index contributed by atoms with van der Waals surface area (Å²) in [6.07, 6.45) is 1.76. The molecule has 1 rings (SSSR count). The SMILES string of the molecule is NC(=O)CCCNc1ncnc(Cl)c1[N+](=O)[O-]. The van der Waals surface area contributed by atoms with Crippen LogP contribution in [0.25, 0.3) is 0 Å². The number of nitrogens with zero attached hydrogens (tertiary/aromatic N) is 3. The Morgan fingerprint density at radius 3 is 2.88 bits per heavy atom. The average Bonchev–Trinajstić information content (AvgIpc) is 2.23. The van der Waals surface area contributed by atoms with Gasteiger partial charge < -0.3 is 11.1 Å². The van der Waals surface area contributed by atoms with Gasteiger partial charge in [-0.2, -0.15) is 0 Å². The molecule has 1 amide bonds. The van der Waals surface area contributed by atoms with Crippen molar-refractivity contribution in [2.24, 2.45) is 5.73 Å². The van der Waals surface area contributed by atoms with Crippen molar-refractivity contribution in [2.45, 2.75) is 12.8 Å². The van der Waals surface area contributed by atoms with Crippen LogP contribution >= 0.6 is 11.6 Å². The summed E-state index contributed by atoms with van der Waals surface area (Å²) in [6.45, 7) is 0.330. The van der Waals surface area contributed by atoms with Crippen molar-refractivity contribution in [3.8, 4) is 0 Å². The Morgan fingerprint density at radius 2 is 2.29 bits per heavy atom. The summed E-state index contributed by atoms with van der Waals surface area (Å²) in [5.41, 5.74) is 4.57. The molecular formula is C8H10ClN5O3. The molecule has 9 heteroatoms. The molecule has 0 aliphatic heterocycles. The molecule has 0 atom stereocenters. The first-order chi connectivity index (χ1) is 8.02. The number of hydrogen-bond donors (Lipinski definition) is 2. The Balaban J connectivity index is 2.67. The number of halogens is 1. The van der Waals surface area contributed by atoms with E-state index in [9.17, 15) is 14.9 Å². The summed E-state index contributed by atoms with van der Waals surface area (Å²) in [7, 11) is 0. The molecule has 0 unspecified atom stereocenters. The molecule has 0 bridgehead atoms. The van der Waals surface area contributed by atoms with Crippen LogP contribution in [0.2, 0.25) is 5.15 Å². The first-order valence-electron chi connectivity index (χ1n) is 4.69. The van der Waals surface area contributed by atoms with Crippen molar-refractivity contribution in [2.75, 3.05) is 11.9 Å². The minimum absolute atomic E-state index is 0.0273. The van der Waals surface area contributed by atoms with Gasteiger partial charge in [0.1, 0.15) is 6.33 Å². The fourth-order valence-electron chi connectivity index (χ4n) is 1.12. The fraction of sp³-hybridized carbons (Fsp3) is 0.375. The highest BCUT2D eigenvalue weighted by atomic mass is 35.5. The van der Waals surface area contributed by atoms with Crippen LogP contribution in [-0.4, -0.2) is 27.3 Å².